The van der Waals surface area contributed by atoms with Gasteiger partial charge in [-0.2, -0.15) is 26.3 Å². The van der Waals surface area contributed by atoms with Gasteiger partial charge < -0.3 is 9.84 Å². The Morgan fingerprint density at radius 3 is 1.79 bits per heavy atom. The van der Waals surface area contributed by atoms with Crippen molar-refractivity contribution in [2.24, 2.45) is 0 Å². The second-order valence-corrected chi connectivity index (χ2v) is 5.42. The Labute approximate surface area is 134 Å². The molecule has 0 radical (unpaired) electrons. The number of benzene rings is 1. The van der Waals surface area contributed by atoms with Crippen LogP contribution in [0.25, 0.3) is 0 Å². The molecule has 0 aliphatic heterocycles. The zero-order valence-corrected chi connectivity index (χ0v) is 12.9. The van der Waals surface area contributed by atoms with Crippen molar-refractivity contribution < 1.29 is 40.6 Å². The fourth-order valence-electron chi connectivity index (χ4n) is 1.86. The molecule has 0 aliphatic rings. The highest BCUT2D eigenvalue weighted by Gasteiger charge is 2.72. The van der Waals surface area contributed by atoms with Gasteiger partial charge in [0.15, 0.2) is 0 Å². The van der Waals surface area contributed by atoms with Crippen molar-refractivity contribution >= 4 is 0 Å². The Morgan fingerprint density at radius 1 is 0.958 bits per heavy atom. The third-order valence-corrected chi connectivity index (χ3v) is 3.55. The lowest BCUT2D eigenvalue weighted by atomic mass is 9.93. The molecule has 0 heterocycles. The minimum atomic E-state index is -6.19. The number of ether oxygens (including phenoxy) is 1. The number of aliphatic hydroxyl groups excluding tert-OH is 1. The van der Waals surface area contributed by atoms with Crippen LogP contribution in [0.5, 0.6) is 5.75 Å². The molecular formula is C15H17F7O2. The summed E-state index contributed by atoms with van der Waals surface area (Å²) in [5.74, 6) is 0.332. The fourth-order valence-corrected chi connectivity index (χ4v) is 1.86. The number of aliphatic hydroxyl groups is 1. The molecule has 138 valence electrons. The second-order valence-electron chi connectivity index (χ2n) is 5.42. The minimum Gasteiger partial charge on any atom is -0.491 e. The first kappa shape index (κ1) is 20.5. The molecule has 1 N–H and O–H groups in total. The van der Waals surface area contributed by atoms with Crippen LogP contribution in [-0.2, 0) is 0 Å². The molecule has 9 heteroatoms. The van der Waals surface area contributed by atoms with Crippen molar-refractivity contribution in [2.45, 2.75) is 56.9 Å². The lowest BCUT2D eigenvalue weighted by Crippen LogP contribution is -2.54. The molecular weight excluding hydrogens is 345 g/mol. The normalized spacial score (nSPS) is 15.9. The Balaban J connectivity index is 2.95. The number of halogens is 7. The third kappa shape index (κ3) is 4.52. The highest BCUT2D eigenvalue weighted by atomic mass is 19.4. The largest absolute Gasteiger partial charge is 0.491 e. The van der Waals surface area contributed by atoms with E-state index in [1.54, 1.807) is 6.92 Å². The summed E-state index contributed by atoms with van der Waals surface area (Å²) in [5, 5.41) is 9.62. The monoisotopic (exact) mass is 362 g/mol. The van der Waals surface area contributed by atoms with Gasteiger partial charge in [-0.3, -0.25) is 0 Å². The number of rotatable bonds is 6. The molecule has 0 fully saturated rings. The topological polar surface area (TPSA) is 29.5 Å². The Bertz CT molecular complexity index is 508. The van der Waals surface area contributed by atoms with Gasteiger partial charge >= 0.3 is 18.0 Å². The van der Waals surface area contributed by atoms with Crippen molar-refractivity contribution in [3.05, 3.63) is 29.8 Å². The predicted molar refractivity (Wildman–Crippen MR) is 72.3 cm³/mol. The SMILES string of the molecule is CCC(C)Oc1ccc(C(O)CC(F)(C(F)(F)F)C(F)(F)F)cc1. The van der Waals surface area contributed by atoms with Crippen LogP contribution < -0.4 is 4.74 Å². The minimum absolute atomic E-state index is 0.144. The standard InChI is InChI=1S/C15H17F7O2/c1-3-9(2)24-11-6-4-10(5-7-11)12(23)8-13(16,14(17,18)19)15(20,21)22/h4-7,9,12,23H,3,8H2,1-2H3. The number of hydrogen-bond donors (Lipinski definition) is 1. The van der Waals surface area contributed by atoms with Gasteiger partial charge in [-0.05, 0) is 31.0 Å². The summed E-state index contributed by atoms with van der Waals surface area (Å²) in [6.07, 6.45) is -16.3. The lowest BCUT2D eigenvalue weighted by Gasteiger charge is -2.31. The third-order valence-electron chi connectivity index (χ3n) is 3.55. The van der Waals surface area contributed by atoms with Crippen molar-refractivity contribution in [1.82, 2.24) is 0 Å². The van der Waals surface area contributed by atoms with Crippen LogP contribution >= 0.6 is 0 Å². The van der Waals surface area contributed by atoms with E-state index in [4.69, 9.17) is 4.74 Å². The van der Waals surface area contributed by atoms with E-state index in [2.05, 4.69) is 0 Å². The first-order chi connectivity index (χ1) is 10.8. The van der Waals surface area contributed by atoms with Gasteiger partial charge in [-0.1, -0.05) is 19.1 Å². The summed E-state index contributed by atoms with van der Waals surface area (Å²) >= 11 is 0. The molecule has 1 aromatic carbocycles. The van der Waals surface area contributed by atoms with Crippen molar-refractivity contribution in [1.29, 1.82) is 0 Å². The first-order valence-corrected chi connectivity index (χ1v) is 7.09. The maximum Gasteiger partial charge on any atom is 0.431 e. The van der Waals surface area contributed by atoms with Crippen molar-refractivity contribution in [2.75, 3.05) is 0 Å². The van der Waals surface area contributed by atoms with Crippen LogP contribution in [0.4, 0.5) is 30.7 Å². The molecule has 1 aromatic rings. The molecule has 0 spiro atoms. The van der Waals surface area contributed by atoms with Crippen LogP contribution in [0.3, 0.4) is 0 Å². The summed E-state index contributed by atoms with van der Waals surface area (Å²) in [6, 6.07) is 4.75. The zero-order valence-electron chi connectivity index (χ0n) is 12.9. The van der Waals surface area contributed by atoms with Crippen LogP contribution in [0.1, 0.15) is 38.4 Å². The molecule has 24 heavy (non-hydrogen) atoms. The predicted octanol–water partition coefficient (Wildman–Crippen LogP) is 5.12. The summed E-state index contributed by atoms with van der Waals surface area (Å²) in [6.45, 7) is 3.63. The van der Waals surface area contributed by atoms with E-state index in [9.17, 15) is 35.8 Å². The van der Waals surface area contributed by atoms with Gasteiger partial charge in [0.25, 0.3) is 0 Å². The summed E-state index contributed by atoms with van der Waals surface area (Å²) in [7, 11) is 0. The van der Waals surface area contributed by atoms with Gasteiger partial charge in [-0.25, -0.2) is 4.39 Å². The van der Waals surface area contributed by atoms with Crippen LogP contribution in [-0.4, -0.2) is 29.2 Å². The molecule has 1 rings (SSSR count). The van der Waals surface area contributed by atoms with Gasteiger partial charge in [-0.15, -0.1) is 0 Å². The molecule has 0 aromatic heterocycles. The average Bonchev–Trinajstić information content (AvgIpc) is 2.45. The van der Waals surface area contributed by atoms with Gasteiger partial charge in [0.1, 0.15) is 5.75 Å². The Morgan fingerprint density at radius 2 is 1.42 bits per heavy atom. The highest BCUT2D eigenvalue weighted by Crippen LogP contribution is 2.50. The zero-order chi connectivity index (χ0) is 18.8. The molecule has 2 nitrogen and oxygen atoms in total. The quantitative estimate of drug-likeness (QED) is 0.712. The van der Waals surface area contributed by atoms with E-state index in [0.29, 0.717) is 12.2 Å². The molecule has 0 aliphatic carbocycles. The molecule has 0 saturated carbocycles. The van der Waals surface area contributed by atoms with E-state index >= 15 is 0 Å². The Kier molecular flexibility index (Phi) is 6.13. The van der Waals surface area contributed by atoms with E-state index in [0.717, 1.165) is 12.1 Å². The Hall–Kier alpha value is -1.51. The van der Waals surface area contributed by atoms with E-state index in [1.807, 2.05) is 6.92 Å². The highest BCUT2D eigenvalue weighted by molar-refractivity contribution is 5.29. The van der Waals surface area contributed by atoms with Gasteiger partial charge in [0.05, 0.1) is 12.2 Å². The number of hydrogen-bond acceptors (Lipinski definition) is 2. The molecule has 0 saturated heterocycles. The van der Waals surface area contributed by atoms with E-state index < -0.39 is 30.5 Å². The van der Waals surface area contributed by atoms with Crippen LogP contribution in [0.2, 0.25) is 0 Å². The van der Waals surface area contributed by atoms with Crippen molar-refractivity contribution in [3.8, 4) is 5.75 Å². The maximum atomic E-state index is 13.6. The molecule has 2 unspecified atom stereocenters. The fraction of sp³-hybridized carbons (Fsp3) is 0.600. The van der Waals surface area contributed by atoms with Crippen molar-refractivity contribution in [3.63, 3.8) is 0 Å². The van der Waals surface area contributed by atoms with Gasteiger partial charge in [0, 0.05) is 6.42 Å². The molecule has 2 atom stereocenters. The molecule has 0 amide bonds. The van der Waals surface area contributed by atoms with Gasteiger partial charge in [0.2, 0.25) is 0 Å². The average molecular weight is 362 g/mol. The summed E-state index contributed by atoms with van der Waals surface area (Å²) < 4.78 is 94.0. The summed E-state index contributed by atoms with van der Waals surface area (Å²) in [4.78, 5) is 0. The summed E-state index contributed by atoms with van der Waals surface area (Å²) in [5.41, 5.74) is -5.77. The molecule has 0 bridgehead atoms. The maximum absolute atomic E-state index is 13.6. The number of alkyl halides is 7. The second kappa shape index (κ2) is 7.16. The van der Waals surface area contributed by atoms with Crippen LogP contribution in [0.15, 0.2) is 24.3 Å². The van der Waals surface area contributed by atoms with E-state index in [1.165, 1.54) is 12.1 Å². The van der Waals surface area contributed by atoms with Crippen LogP contribution in [0, 0.1) is 0 Å². The van der Waals surface area contributed by atoms with E-state index in [-0.39, 0.29) is 11.7 Å². The smallest absolute Gasteiger partial charge is 0.431 e. The first-order valence-electron chi connectivity index (χ1n) is 7.09. The lowest BCUT2D eigenvalue weighted by molar-refractivity contribution is -0.347.